The fraction of sp³-hybridized carbons (Fsp3) is 0.0800. The summed E-state index contributed by atoms with van der Waals surface area (Å²) >= 11 is 0. The van der Waals surface area contributed by atoms with E-state index in [2.05, 4.69) is 10.6 Å². The number of halogens is 1. The fourth-order valence-corrected chi connectivity index (χ4v) is 3.46. The number of rotatable bonds is 5. The second kappa shape index (κ2) is 9.35. The Bertz CT molecular complexity index is 1220. The van der Waals surface area contributed by atoms with Crippen molar-refractivity contribution in [3.05, 3.63) is 107 Å². The Morgan fingerprint density at radius 3 is 2.18 bits per heavy atom. The Morgan fingerprint density at radius 1 is 0.879 bits per heavy atom. The molecule has 2 N–H and O–H groups in total. The van der Waals surface area contributed by atoms with Crippen LogP contribution < -0.4 is 15.4 Å². The summed E-state index contributed by atoms with van der Waals surface area (Å²) in [6, 6.07) is 19.1. The van der Waals surface area contributed by atoms with Crippen LogP contribution in [0.4, 0.5) is 9.18 Å². The van der Waals surface area contributed by atoms with Gasteiger partial charge in [-0.25, -0.2) is 18.8 Å². The maximum atomic E-state index is 13.1. The van der Waals surface area contributed by atoms with Crippen LogP contribution in [-0.4, -0.2) is 25.1 Å². The van der Waals surface area contributed by atoms with Crippen molar-refractivity contribution >= 4 is 23.7 Å². The molecular weight excluding hydrogens is 427 g/mol. The van der Waals surface area contributed by atoms with E-state index in [1.807, 2.05) is 6.07 Å². The number of ether oxygens (including phenoxy) is 2. The van der Waals surface area contributed by atoms with E-state index in [0.717, 1.165) is 0 Å². The van der Waals surface area contributed by atoms with Crippen LogP contribution in [0.15, 0.2) is 84.4 Å². The SMILES string of the molecule is COC(=O)C1=C(c2ccccc2)NC(=O)NC1c1ccc(OC(=O)c2ccc(F)cc2)cc1. The number of hydrogen-bond acceptors (Lipinski definition) is 5. The summed E-state index contributed by atoms with van der Waals surface area (Å²) in [6.45, 7) is 0. The van der Waals surface area contributed by atoms with Crippen LogP contribution in [0.3, 0.4) is 0 Å². The lowest BCUT2D eigenvalue weighted by molar-refractivity contribution is -0.136. The Hall–Kier alpha value is -4.46. The minimum absolute atomic E-state index is 0.203. The predicted octanol–water partition coefficient (Wildman–Crippen LogP) is 3.98. The Labute approximate surface area is 188 Å². The first-order valence-electron chi connectivity index (χ1n) is 9.99. The molecule has 8 heteroatoms. The van der Waals surface area contributed by atoms with Gasteiger partial charge in [0.25, 0.3) is 0 Å². The van der Waals surface area contributed by atoms with Gasteiger partial charge < -0.3 is 20.1 Å². The molecule has 3 aromatic rings. The molecule has 7 nitrogen and oxygen atoms in total. The van der Waals surface area contributed by atoms with Gasteiger partial charge in [-0.3, -0.25) is 0 Å². The average Bonchev–Trinajstić information content (AvgIpc) is 2.84. The van der Waals surface area contributed by atoms with Crippen LogP contribution in [0.25, 0.3) is 5.70 Å². The minimum atomic E-state index is -0.789. The van der Waals surface area contributed by atoms with Crippen molar-refractivity contribution in [2.75, 3.05) is 7.11 Å². The minimum Gasteiger partial charge on any atom is -0.466 e. The molecule has 0 fully saturated rings. The van der Waals surface area contributed by atoms with Crippen molar-refractivity contribution in [1.29, 1.82) is 0 Å². The van der Waals surface area contributed by atoms with Gasteiger partial charge in [0.1, 0.15) is 11.6 Å². The number of esters is 2. The Morgan fingerprint density at radius 2 is 1.55 bits per heavy atom. The topological polar surface area (TPSA) is 93.7 Å². The van der Waals surface area contributed by atoms with E-state index in [1.54, 1.807) is 48.5 Å². The van der Waals surface area contributed by atoms with Crippen LogP contribution in [0.5, 0.6) is 5.75 Å². The monoisotopic (exact) mass is 446 g/mol. The van der Waals surface area contributed by atoms with E-state index in [0.29, 0.717) is 16.8 Å². The third kappa shape index (κ3) is 4.74. The Balaban J connectivity index is 1.64. The normalized spacial score (nSPS) is 15.3. The molecule has 1 unspecified atom stereocenters. The van der Waals surface area contributed by atoms with Gasteiger partial charge >= 0.3 is 18.0 Å². The van der Waals surface area contributed by atoms with Crippen molar-refractivity contribution in [2.24, 2.45) is 0 Å². The van der Waals surface area contributed by atoms with Gasteiger partial charge in [-0.15, -0.1) is 0 Å². The van der Waals surface area contributed by atoms with E-state index in [-0.39, 0.29) is 16.9 Å². The zero-order chi connectivity index (χ0) is 23.4. The van der Waals surface area contributed by atoms with Crippen LogP contribution in [0.2, 0.25) is 0 Å². The molecule has 4 rings (SSSR count). The number of carbonyl (C=O) groups excluding carboxylic acids is 3. The molecule has 166 valence electrons. The molecule has 1 aliphatic rings. The van der Waals surface area contributed by atoms with Crippen molar-refractivity contribution in [3.63, 3.8) is 0 Å². The van der Waals surface area contributed by atoms with E-state index >= 15 is 0 Å². The first kappa shape index (κ1) is 21.8. The number of nitrogens with one attached hydrogen (secondary N) is 2. The fourth-order valence-electron chi connectivity index (χ4n) is 3.46. The third-order valence-corrected chi connectivity index (χ3v) is 5.04. The summed E-state index contributed by atoms with van der Waals surface area (Å²) < 4.78 is 23.4. The van der Waals surface area contributed by atoms with Crippen molar-refractivity contribution in [1.82, 2.24) is 10.6 Å². The summed E-state index contributed by atoms with van der Waals surface area (Å²) in [6.07, 6.45) is 0. The van der Waals surface area contributed by atoms with Gasteiger partial charge in [-0.05, 0) is 47.5 Å². The van der Waals surface area contributed by atoms with Crippen LogP contribution in [0, 0.1) is 5.82 Å². The lowest BCUT2D eigenvalue weighted by atomic mass is 9.92. The highest BCUT2D eigenvalue weighted by molar-refractivity contribution is 6.04. The number of carbonyl (C=O) groups is 3. The molecule has 3 aromatic carbocycles. The second-order valence-electron chi connectivity index (χ2n) is 7.14. The van der Waals surface area contributed by atoms with Crippen LogP contribution in [0.1, 0.15) is 27.5 Å². The second-order valence-corrected chi connectivity index (χ2v) is 7.14. The molecule has 0 saturated heterocycles. The molecule has 1 aliphatic heterocycles. The first-order valence-corrected chi connectivity index (χ1v) is 9.99. The lowest BCUT2D eigenvalue weighted by Crippen LogP contribution is -2.45. The largest absolute Gasteiger partial charge is 0.466 e. The van der Waals surface area contributed by atoms with E-state index in [1.165, 1.54) is 31.4 Å². The summed E-state index contributed by atoms with van der Waals surface area (Å²) in [7, 11) is 1.27. The lowest BCUT2D eigenvalue weighted by Gasteiger charge is -2.29. The molecular formula is C25H19FN2O5. The molecule has 0 spiro atoms. The van der Waals surface area contributed by atoms with Crippen molar-refractivity contribution in [3.8, 4) is 5.75 Å². The zero-order valence-electron chi connectivity index (χ0n) is 17.5. The molecule has 1 heterocycles. The summed E-state index contributed by atoms with van der Waals surface area (Å²) in [5, 5.41) is 5.43. The van der Waals surface area contributed by atoms with Crippen LogP contribution in [-0.2, 0) is 9.53 Å². The molecule has 0 aliphatic carbocycles. The molecule has 0 radical (unpaired) electrons. The summed E-state index contributed by atoms with van der Waals surface area (Å²) in [5.74, 6) is -1.44. The quantitative estimate of drug-likeness (QED) is 0.457. The summed E-state index contributed by atoms with van der Waals surface area (Å²) in [5.41, 5.74) is 2.03. The van der Waals surface area contributed by atoms with Crippen LogP contribution >= 0.6 is 0 Å². The molecule has 2 amide bonds. The maximum Gasteiger partial charge on any atom is 0.343 e. The highest BCUT2D eigenvalue weighted by atomic mass is 19.1. The molecule has 0 aromatic heterocycles. The predicted molar refractivity (Wildman–Crippen MR) is 118 cm³/mol. The van der Waals surface area contributed by atoms with Gasteiger partial charge in [-0.1, -0.05) is 42.5 Å². The molecule has 33 heavy (non-hydrogen) atoms. The zero-order valence-corrected chi connectivity index (χ0v) is 17.5. The molecule has 0 saturated carbocycles. The number of hydrogen-bond donors (Lipinski definition) is 2. The first-order chi connectivity index (χ1) is 16.0. The smallest absolute Gasteiger partial charge is 0.343 e. The van der Waals surface area contributed by atoms with Gasteiger partial charge in [0.15, 0.2) is 0 Å². The standard InChI is InChI=1S/C25H19FN2O5/c1-32-24(30)20-21(15-5-3-2-4-6-15)27-25(31)28-22(20)16-9-13-19(14-10-16)33-23(29)17-7-11-18(26)12-8-17/h2-14,22H,1H3,(H2,27,28,31). The highest BCUT2D eigenvalue weighted by Crippen LogP contribution is 2.32. The number of amides is 2. The van der Waals surface area contributed by atoms with Gasteiger partial charge in [0.05, 0.1) is 30.0 Å². The van der Waals surface area contributed by atoms with Gasteiger partial charge in [-0.2, -0.15) is 0 Å². The van der Waals surface area contributed by atoms with Crippen molar-refractivity contribution in [2.45, 2.75) is 6.04 Å². The number of urea groups is 1. The third-order valence-electron chi connectivity index (χ3n) is 5.04. The highest BCUT2D eigenvalue weighted by Gasteiger charge is 2.34. The van der Waals surface area contributed by atoms with E-state index in [9.17, 15) is 18.8 Å². The van der Waals surface area contributed by atoms with E-state index < -0.39 is 29.8 Å². The summed E-state index contributed by atoms with van der Waals surface area (Å²) in [4.78, 5) is 37.3. The van der Waals surface area contributed by atoms with E-state index in [4.69, 9.17) is 9.47 Å². The van der Waals surface area contributed by atoms with Crippen molar-refractivity contribution < 1.29 is 28.2 Å². The Kier molecular flexibility index (Phi) is 6.17. The maximum absolute atomic E-state index is 13.1. The average molecular weight is 446 g/mol. The molecule has 1 atom stereocenters. The van der Waals surface area contributed by atoms with Gasteiger partial charge in [0, 0.05) is 0 Å². The molecule has 0 bridgehead atoms. The number of methoxy groups -OCH3 is 1. The van der Waals surface area contributed by atoms with Gasteiger partial charge in [0.2, 0.25) is 0 Å². The number of benzene rings is 3.